The smallest absolute Gasteiger partial charge is 0.258 e. The molecule has 0 spiro atoms. The second kappa shape index (κ2) is 8.27. The summed E-state index contributed by atoms with van der Waals surface area (Å²) in [6, 6.07) is 3.66. The number of rotatable bonds is 4. The van der Waals surface area contributed by atoms with Crippen molar-refractivity contribution >= 4 is 34.9 Å². The van der Waals surface area contributed by atoms with Gasteiger partial charge in [-0.2, -0.15) is 10.1 Å². The van der Waals surface area contributed by atoms with Crippen molar-refractivity contribution in [1.82, 2.24) is 19.7 Å². The van der Waals surface area contributed by atoms with Gasteiger partial charge in [-0.1, -0.05) is 31.2 Å². The molecule has 0 amide bonds. The fourth-order valence-corrected chi connectivity index (χ4v) is 9.66. The third kappa shape index (κ3) is 3.44. The van der Waals surface area contributed by atoms with Crippen LogP contribution in [0.2, 0.25) is 0 Å². The number of allylic oxidation sites excluding steroid dienone is 1. The van der Waals surface area contributed by atoms with Crippen LogP contribution in [-0.2, 0) is 18.3 Å². The molecular weight excluding hydrogens is 484 g/mol. The summed E-state index contributed by atoms with van der Waals surface area (Å²) in [6.45, 7) is 4.66. The van der Waals surface area contributed by atoms with E-state index in [-0.39, 0.29) is 28.4 Å². The number of pyridine rings is 1. The van der Waals surface area contributed by atoms with Crippen LogP contribution in [0.25, 0.3) is 17.3 Å². The van der Waals surface area contributed by atoms with Gasteiger partial charge in [-0.05, 0) is 90.9 Å². The number of aromatic nitrogens is 4. The largest absolute Gasteiger partial charge is 0.430 e. The lowest BCUT2D eigenvalue weighted by Gasteiger charge is -2.59. The molecule has 0 saturated heterocycles. The number of aryl methyl sites for hydroxylation is 1. The number of aliphatic hydroxyl groups excluding tert-OH is 1. The van der Waals surface area contributed by atoms with Crippen molar-refractivity contribution in [3.8, 4) is 0 Å². The molecule has 3 fully saturated rings. The Balaban J connectivity index is 1.11. The van der Waals surface area contributed by atoms with Crippen LogP contribution >= 0.6 is 11.8 Å². The lowest BCUT2D eigenvalue weighted by atomic mass is 9.46. The number of carbonyl (C=O) groups excluding carboxylic acids is 1. The molecule has 37 heavy (non-hydrogen) atoms. The molecule has 3 aromatic rings. The maximum absolute atomic E-state index is 13.6. The maximum atomic E-state index is 13.6. The van der Waals surface area contributed by atoms with Crippen LogP contribution in [0, 0.1) is 34.5 Å². The highest BCUT2D eigenvalue weighted by atomic mass is 32.2. The Hall–Kier alpha value is -2.45. The van der Waals surface area contributed by atoms with E-state index in [0.717, 1.165) is 32.1 Å². The number of carbonyl (C=O) groups is 1. The predicted molar refractivity (Wildman–Crippen MR) is 142 cm³/mol. The third-order valence-electron chi connectivity index (χ3n) is 10.5. The van der Waals surface area contributed by atoms with Gasteiger partial charge in [0.2, 0.25) is 0 Å². The minimum Gasteiger partial charge on any atom is -0.430 e. The highest BCUT2D eigenvalue weighted by Crippen LogP contribution is 2.66. The molecule has 0 radical (unpaired) electrons. The first kappa shape index (κ1) is 23.7. The van der Waals surface area contributed by atoms with Gasteiger partial charge < -0.3 is 9.52 Å². The predicted octanol–water partition coefficient (Wildman–Crippen LogP) is 5.09. The number of fused-ring (bicyclic) bond motifs is 7. The summed E-state index contributed by atoms with van der Waals surface area (Å²) in [5.74, 6) is 1.73. The Morgan fingerprint density at radius 3 is 3.00 bits per heavy atom. The van der Waals surface area contributed by atoms with Gasteiger partial charge in [0.1, 0.15) is 5.78 Å². The van der Waals surface area contributed by atoms with Gasteiger partial charge in [-0.3, -0.25) is 9.48 Å². The highest BCUT2D eigenvalue weighted by Gasteiger charge is 2.63. The van der Waals surface area contributed by atoms with E-state index in [2.05, 4.69) is 35.0 Å². The number of thioether (sulfide) groups is 1. The van der Waals surface area contributed by atoms with Gasteiger partial charge in [0.15, 0.2) is 11.2 Å². The molecule has 0 aromatic carbocycles. The van der Waals surface area contributed by atoms with Gasteiger partial charge in [0, 0.05) is 19.2 Å². The Kier molecular flexibility index (Phi) is 5.29. The van der Waals surface area contributed by atoms with Crippen molar-refractivity contribution in [3.63, 3.8) is 0 Å². The Morgan fingerprint density at radius 2 is 2.16 bits per heavy atom. The molecule has 194 valence electrons. The van der Waals surface area contributed by atoms with Crippen LogP contribution in [0.15, 0.2) is 39.7 Å². The van der Waals surface area contributed by atoms with Crippen molar-refractivity contribution in [2.24, 2.45) is 41.5 Å². The van der Waals surface area contributed by atoms with Crippen LogP contribution in [-0.4, -0.2) is 42.5 Å². The van der Waals surface area contributed by atoms with Crippen molar-refractivity contribution in [3.05, 3.63) is 41.4 Å². The zero-order valence-electron chi connectivity index (χ0n) is 21.7. The second-order valence-corrected chi connectivity index (χ2v) is 13.2. The van der Waals surface area contributed by atoms with Crippen molar-refractivity contribution in [2.75, 3.05) is 5.75 Å². The van der Waals surface area contributed by atoms with E-state index >= 15 is 0 Å². The Morgan fingerprint density at radius 1 is 1.30 bits per heavy atom. The summed E-state index contributed by atoms with van der Waals surface area (Å²) in [5, 5.41) is 16.8. The average Bonchev–Trinajstić information content (AvgIpc) is 3.55. The number of nitrogens with zero attached hydrogens (tertiary/aromatic N) is 4. The molecule has 4 aliphatic carbocycles. The first-order chi connectivity index (χ1) is 17.8. The van der Waals surface area contributed by atoms with Crippen LogP contribution in [0.3, 0.4) is 0 Å². The van der Waals surface area contributed by atoms with Crippen LogP contribution in [0.1, 0.15) is 57.2 Å². The number of oxazole rings is 1. The van der Waals surface area contributed by atoms with E-state index in [9.17, 15) is 9.90 Å². The summed E-state index contributed by atoms with van der Waals surface area (Å²) < 4.78 is 7.75. The molecule has 0 aliphatic heterocycles. The first-order valence-corrected chi connectivity index (χ1v) is 14.5. The number of hydrogen-bond acceptors (Lipinski definition) is 7. The molecular formula is C29H34N4O3S. The summed E-state index contributed by atoms with van der Waals surface area (Å²) in [7, 11) is 2.01. The SMILES string of the molecule is Cn1ncc2c1C=C1CCC3C(C(O)CC4(C)C(C(=O)CSc5nc6ncccc6o5)CCC34)C1(C)C2. The van der Waals surface area contributed by atoms with Gasteiger partial charge in [-0.15, -0.1) is 0 Å². The topological polar surface area (TPSA) is 94.0 Å². The minimum absolute atomic E-state index is 0.0240. The summed E-state index contributed by atoms with van der Waals surface area (Å²) in [5.41, 5.74) is 5.01. The molecule has 3 heterocycles. The van der Waals surface area contributed by atoms with E-state index in [1.165, 1.54) is 28.6 Å². The van der Waals surface area contributed by atoms with Crippen molar-refractivity contribution in [1.29, 1.82) is 0 Å². The van der Waals surface area contributed by atoms with Crippen molar-refractivity contribution in [2.45, 2.75) is 63.7 Å². The average molecular weight is 519 g/mol. The Labute approximate surface area is 221 Å². The van der Waals surface area contributed by atoms with E-state index in [1.54, 1.807) is 6.20 Å². The maximum Gasteiger partial charge on any atom is 0.258 e. The summed E-state index contributed by atoms with van der Waals surface area (Å²) in [4.78, 5) is 22.2. The molecule has 1 N–H and O–H groups in total. The monoisotopic (exact) mass is 518 g/mol. The van der Waals surface area contributed by atoms with Crippen LogP contribution in [0.4, 0.5) is 0 Å². The number of aliphatic hydroxyl groups is 1. The molecule has 3 saturated carbocycles. The molecule has 7 unspecified atom stereocenters. The number of hydrogen-bond donors (Lipinski definition) is 1. The lowest BCUT2D eigenvalue weighted by molar-refractivity contribution is -0.140. The normalized spacial score (nSPS) is 36.4. The molecule has 4 aliphatic rings. The summed E-state index contributed by atoms with van der Waals surface area (Å²) in [6.07, 6.45) is 11.5. The van der Waals surface area contributed by atoms with Crippen LogP contribution < -0.4 is 0 Å². The minimum atomic E-state index is -0.401. The van der Waals surface area contributed by atoms with Gasteiger partial charge in [0.05, 0.1) is 23.7 Å². The molecule has 0 bridgehead atoms. The standard InChI is InChI=1S/C29H34N4O3S/c1-28-12-16-14-31-33(3)21(16)11-17(28)6-7-18-19-8-9-20(29(19,2)13-22(34)25(18)28)23(35)15-37-27-32-26-24(36-27)5-4-10-30-26/h4-5,10-11,14,18-20,22,25,34H,6-9,12-13,15H2,1-3H3. The molecule has 7 nitrogen and oxygen atoms in total. The van der Waals surface area contributed by atoms with Gasteiger partial charge >= 0.3 is 0 Å². The number of ketones is 1. The van der Waals surface area contributed by atoms with Crippen molar-refractivity contribution < 1.29 is 14.3 Å². The Bertz CT molecular complexity index is 1390. The van der Waals surface area contributed by atoms with E-state index < -0.39 is 6.10 Å². The van der Waals surface area contributed by atoms with E-state index in [0.29, 0.717) is 40.5 Å². The molecule has 7 atom stereocenters. The summed E-state index contributed by atoms with van der Waals surface area (Å²) >= 11 is 1.37. The molecule has 3 aromatic heterocycles. The lowest BCUT2D eigenvalue weighted by Crippen LogP contribution is -2.57. The first-order valence-electron chi connectivity index (χ1n) is 13.5. The van der Waals surface area contributed by atoms with Gasteiger partial charge in [0.25, 0.3) is 5.22 Å². The number of Topliss-reactive ketones (excluding diaryl/α,β-unsaturated/α-hetero) is 1. The molecule has 7 rings (SSSR count). The van der Waals surface area contributed by atoms with Gasteiger partial charge in [-0.25, -0.2) is 4.98 Å². The van der Waals surface area contributed by atoms with Crippen LogP contribution in [0.5, 0.6) is 0 Å². The fraction of sp³-hybridized carbons (Fsp3) is 0.586. The quantitative estimate of drug-likeness (QED) is 0.481. The highest BCUT2D eigenvalue weighted by molar-refractivity contribution is 7.99. The second-order valence-electron chi connectivity index (χ2n) is 12.2. The van der Waals surface area contributed by atoms with E-state index in [4.69, 9.17) is 4.42 Å². The fourth-order valence-electron chi connectivity index (χ4n) is 8.89. The molecule has 8 heteroatoms. The van der Waals surface area contributed by atoms with E-state index in [1.807, 2.05) is 30.1 Å². The zero-order chi connectivity index (χ0) is 25.5. The third-order valence-corrected chi connectivity index (χ3v) is 11.3. The zero-order valence-corrected chi connectivity index (χ0v) is 22.5.